The molecule has 2 aromatic rings. The number of likely N-dealkylation sites (tertiary alicyclic amines) is 1. The van der Waals surface area contributed by atoms with E-state index in [1.807, 2.05) is 29.2 Å². The number of guanidine groups is 1. The molecular formula is C27H37F3N4O2. The molecule has 1 atom stereocenters. The third kappa shape index (κ3) is 7.78. The molecule has 0 amide bonds. The van der Waals surface area contributed by atoms with E-state index in [-0.39, 0.29) is 17.8 Å². The quantitative estimate of drug-likeness (QED) is 0.315. The van der Waals surface area contributed by atoms with E-state index in [0.29, 0.717) is 30.8 Å². The van der Waals surface area contributed by atoms with Crippen molar-refractivity contribution in [1.82, 2.24) is 4.90 Å². The maximum atomic E-state index is 12.3. The van der Waals surface area contributed by atoms with E-state index < -0.39 is 6.36 Å². The topological polar surface area (TPSA) is 74.8 Å². The second kappa shape index (κ2) is 11.9. The zero-order valence-corrected chi connectivity index (χ0v) is 21.3. The molecule has 2 aromatic carbocycles. The first-order chi connectivity index (χ1) is 17.0. The lowest BCUT2D eigenvalue weighted by atomic mass is 9.92. The predicted molar refractivity (Wildman–Crippen MR) is 136 cm³/mol. The monoisotopic (exact) mass is 506 g/mol. The molecule has 1 unspecified atom stereocenters. The molecular weight excluding hydrogens is 469 g/mol. The van der Waals surface area contributed by atoms with E-state index in [1.165, 1.54) is 30.7 Å². The average Bonchev–Trinajstić information content (AvgIpc) is 2.86. The summed E-state index contributed by atoms with van der Waals surface area (Å²) >= 11 is 0. The van der Waals surface area contributed by atoms with Gasteiger partial charge >= 0.3 is 6.36 Å². The number of ether oxygens (including phenoxy) is 2. The van der Waals surface area contributed by atoms with Crippen LogP contribution in [0.15, 0.2) is 48.5 Å². The molecule has 6 nitrogen and oxygen atoms in total. The van der Waals surface area contributed by atoms with Crippen molar-refractivity contribution in [3.63, 3.8) is 0 Å². The van der Waals surface area contributed by atoms with Crippen LogP contribution >= 0.6 is 0 Å². The highest BCUT2D eigenvalue weighted by Crippen LogP contribution is 2.28. The second-order valence-electron chi connectivity index (χ2n) is 10.0. The molecule has 3 N–H and O–H groups in total. The minimum absolute atomic E-state index is 0.180. The Balaban J connectivity index is 1.70. The maximum Gasteiger partial charge on any atom is 0.573 e. The van der Waals surface area contributed by atoms with Crippen LogP contribution in [0.4, 0.5) is 18.9 Å². The molecule has 36 heavy (non-hydrogen) atoms. The van der Waals surface area contributed by atoms with Gasteiger partial charge < -0.3 is 25.0 Å². The minimum atomic E-state index is -4.71. The molecule has 0 bridgehead atoms. The van der Waals surface area contributed by atoms with Gasteiger partial charge in [0.2, 0.25) is 0 Å². The van der Waals surface area contributed by atoms with Crippen LogP contribution in [0.1, 0.15) is 52.0 Å². The lowest BCUT2D eigenvalue weighted by Crippen LogP contribution is -2.53. The number of alkyl halides is 3. The number of benzene rings is 2. The highest BCUT2D eigenvalue weighted by Gasteiger charge is 2.31. The fourth-order valence-electron chi connectivity index (χ4n) is 4.32. The Labute approximate surface area is 211 Å². The van der Waals surface area contributed by atoms with E-state index in [2.05, 4.69) is 30.4 Å². The first-order valence-corrected chi connectivity index (χ1v) is 12.4. The molecule has 0 spiro atoms. The number of rotatable bonds is 9. The number of halogens is 3. The Morgan fingerprint density at radius 3 is 2.28 bits per heavy atom. The van der Waals surface area contributed by atoms with E-state index in [9.17, 15) is 13.2 Å². The Morgan fingerprint density at radius 1 is 1.06 bits per heavy atom. The van der Waals surface area contributed by atoms with Gasteiger partial charge in [0.1, 0.15) is 18.1 Å². The molecule has 0 aromatic heterocycles. The molecule has 0 saturated carbocycles. The molecule has 1 saturated heterocycles. The summed E-state index contributed by atoms with van der Waals surface area (Å²) in [5.74, 6) is 0.860. The number of hydrogen-bond acceptors (Lipinski definition) is 4. The molecule has 0 aliphatic carbocycles. The van der Waals surface area contributed by atoms with Crippen molar-refractivity contribution in [1.29, 1.82) is 5.41 Å². The summed E-state index contributed by atoms with van der Waals surface area (Å²) < 4.78 is 46.7. The number of anilines is 1. The van der Waals surface area contributed by atoms with Crippen molar-refractivity contribution in [3.05, 3.63) is 54.1 Å². The highest BCUT2D eigenvalue weighted by atomic mass is 19.4. The molecule has 1 heterocycles. The predicted octanol–water partition coefficient (Wildman–Crippen LogP) is 6.15. The van der Waals surface area contributed by atoms with Crippen LogP contribution < -0.4 is 20.1 Å². The maximum absolute atomic E-state index is 12.3. The van der Waals surface area contributed by atoms with Gasteiger partial charge in [0.05, 0.1) is 0 Å². The molecule has 1 fully saturated rings. The van der Waals surface area contributed by atoms with Crippen LogP contribution in [0.3, 0.4) is 0 Å². The van der Waals surface area contributed by atoms with Gasteiger partial charge in [0.15, 0.2) is 5.96 Å². The summed E-state index contributed by atoms with van der Waals surface area (Å²) in [6, 6.07) is 13.5. The zero-order valence-electron chi connectivity index (χ0n) is 21.3. The number of nitrogens with one attached hydrogen (secondary N) is 1. The van der Waals surface area contributed by atoms with Crippen LogP contribution in [-0.2, 0) is 6.61 Å². The number of nitrogens with two attached hydrogens (primary N) is 1. The van der Waals surface area contributed by atoms with Gasteiger partial charge in [-0.25, -0.2) is 0 Å². The Kier molecular flexibility index (Phi) is 9.11. The number of piperidine rings is 1. The fraction of sp³-hybridized carbons (Fsp3) is 0.519. The summed E-state index contributed by atoms with van der Waals surface area (Å²) in [6.07, 6.45) is -0.325. The van der Waals surface area contributed by atoms with E-state index in [4.69, 9.17) is 15.9 Å². The van der Waals surface area contributed by atoms with Gasteiger partial charge in [0.25, 0.3) is 0 Å². The van der Waals surface area contributed by atoms with Crippen LogP contribution in [-0.4, -0.2) is 42.9 Å². The van der Waals surface area contributed by atoms with Crippen LogP contribution in [0.5, 0.6) is 11.5 Å². The first kappa shape index (κ1) is 27.6. The summed E-state index contributed by atoms with van der Waals surface area (Å²) in [6.45, 7) is 8.58. The van der Waals surface area contributed by atoms with E-state index in [1.54, 1.807) is 0 Å². The molecule has 9 heteroatoms. The molecule has 3 rings (SSSR count). The van der Waals surface area contributed by atoms with Crippen molar-refractivity contribution >= 4 is 11.6 Å². The summed E-state index contributed by atoms with van der Waals surface area (Å²) in [4.78, 5) is 4.25. The van der Waals surface area contributed by atoms with Gasteiger partial charge in [-0.2, -0.15) is 0 Å². The number of hydrogen-bond donors (Lipinski definition) is 2. The van der Waals surface area contributed by atoms with Crippen molar-refractivity contribution in [2.45, 2.75) is 65.5 Å². The van der Waals surface area contributed by atoms with Crippen molar-refractivity contribution in [3.8, 4) is 11.5 Å². The summed E-state index contributed by atoms with van der Waals surface area (Å²) in [5.41, 5.74) is 7.46. The van der Waals surface area contributed by atoms with Crippen LogP contribution in [0, 0.1) is 10.8 Å². The SMILES string of the molecule is CCC1CCCCN1C(=N)N(CC(C)(C)CN)c1ccc(OCc2ccc(OC(F)(F)F)cc2)cc1. The third-order valence-corrected chi connectivity index (χ3v) is 6.48. The molecule has 198 valence electrons. The van der Waals surface area contributed by atoms with Crippen molar-refractivity contribution < 1.29 is 22.6 Å². The van der Waals surface area contributed by atoms with Gasteiger partial charge in [-0.3, -0.25) is 5.41 Å². The highest BCUT2D eigenvalue weighted by molar-refractivity contribution is 5.94. The molecule has 1 aliphatic rings. The van der Waals surface area contributed by atoms with Gasteiger partial charge in [-0.05, 0) is 79.6 Å². The summed E-state index contributed by atoms with van der Waals surface area (Å²) in [7, 11) is 0. The normalized spacial score (nSPS) is 16.5. The zero-order chi connectivity index (χ0) is 26.3. The first-order valence-electron chi connectivity index (χ1n) is 12.4. The smallest absolute Gasteiger partial charge is 0.489 e. The van der Waals surface area contributed by atoms with Gasteiger partial charge in [0, 0.05) is 24.8 Å². The van der Waals surface area contributed by atoms with Gasteiger partial charge in [-0.15, -0.1) is 13.2 Å². The van der Waals surface area contributed by atoms with Gasteiger partial charge in [-0.1, -0.05) is 32.9 Å². The average molecular weight is 507 g/mol. The molecule has 1 aliphatic heterocycles. The standard InChI is InChI=1S/C27H37F3N4O2/c1-4-21-7-5-6-16-33(21)25(32)34(19-26(2,3)18-31)22-10-14-23(15-11-22)35-17-20-8-12-24(13-9-20)36-27(28,29)30/h8-15,21,32H,4-7,16-19,31H2,1-3H3. The van der Waals surface area contributed by atoms with Crippen molar-refractivity contribution in [2.24, 2.45) is 11.1 Å². The van der Waals surface area contributed by atoms with Crippen LogP contribution in [0.25, 0.3) is 0 Å². The lowest BCUT2D eigenvalue weighted by Gasteiger charge is -2.43. The Bertz CT molecular complexity index is 978. The fourth-order valence-corrected chi connectivity index (χ4v) is 4.32. The summed E-state index contributed by atoms with van der Waals surface area (Å²) in [5, 5.41) is 9.08. The Morgan fingerprint density at radius 2 is 1.69 bits per heavy atom. The lowest BCUT2D eigenvalue weighted by molar-refractivity contribution is -0.274. The largest absolute Gasteiger partial charge is 0.573 e. The minimum Gasteiger partial charge on any atom is -0.489 e. The van der Waals surface area contributed by atoms with Crippen molar-refractivity contribution in [2.75, 3.05) is 24.5 Å². The molecule has 0 radical (unpaired) electrons. The second-order valence-corrected chi connectivity index (χ2v) is 10.0. The van der Waals surface area contributed by atoms with E-state index >= 15 is 0 Å². The number of nitrogens with zero attached hydrogens (tertiary/aromatic N) is 2. The van der Waals surface area contributed by atoms with Crippen LogP contribution in [0.2, 0.25) is 0 Å². The third-order valence-electron chi connectivity index (χ3n) is 6.48. The van der Waals surface area contributed by atoms with E-state index in [0.717, 1.165) is 37.1 Å². The Hall–Kier alpha value is -2.94.